The molecule has 5 heterocycles. The number of phenols is 1. The predicted octanol–water partition coefficient (Wildman–Crippen LogP) is 0.634. The Hall–Kier alpha value is -6.62. The van der Waals surface area contributed by atoms with Crippen LogP contribution in [0.3, 0.4) is 0 Å². The molecule has 0 aliphatic heterocycles. The van der Waals surface area contributed by atoms with E-state index in [1.165, 1.54) is 6.92 Å². The van der Waals surface area contributed by atoms with Crippen molar-refractivity contribution in [3.63, 3.8) is 0 Å². The van der Waals surface area contributed by atoms with Gasteiger partial charge in [-0.05, 0) is 88.6 Å². The third-order valence-corrected chi connectivity index (χ3v) is 9.86. The van der Waals surface area contributed by atoms with Crippen molar-refractivity contribution in [1.82, 2.24) is 86.0 Å². The van der Waals surface area contributed by atoms with Crippen LogP contribution in [0.1, 0.15) is 116 Å². The molecule has 0 bridgehead atoms. The van der Waals surface area contributed by atoms with E-state index in [1.54, 1.807) is 46.0 Å². The Morgan fingerprint density at radius 2 is 1.36 bits per heavy atom. The number of guanidine groups is 1. The summed E-state index contributed by atoms with van der Waals surface area (Å²) in [6.45, 7) is 3.36. The van der Waals surface area contributed by atoms with E-state index in [0.717, 1.165) is 49.1 Å². The van der Waals surface area contributed by atoms with Crippen molar-refractivity contribution < 1.29 is 9.90 Å². The highest BCUT2D eigenvalue weighted by Gasteiger charge is 2.26. The standard InChI is InChI=1S/C36H53N21O2/c1-24(58)43-28(17-25-10-12-27(59)13-11-25)30-21-54(50-46-30)19-26-20-55(51-44-26)35(9-6-16-41-36(39)40)32-23-57(53-48-32)34(8-3-5-15-38)31-22-56(52-47-31)33(7-2-4-14-37)29-18-42-49-45-29/h10-13,18,20-23,28,33-35,59H,2-9,14-17,19,37-38H2,1H3,(H,43,58)(H4,39,40,41)(H,42,45,49)/t28-,33-,34-,35-/m0/s1. The number of aromatic hydroxyl groups is 1. The molecule has 0 unspecified atom stereocenters. The van der Waals surface area contributed by atoms with Gasteiger partial charge in [0.25, 0.3) is 0 Å². The summed E-state index contributed by atoms with van der Waals surface area (Å²) in [4.78, 5) is 12.1. The highest BCUT2D eigenvalue weighted by molar-refractivity contribution is 5.74. The van der Waals surface area contributed by atoms with Gasteiger partial charge in [-0.1, -0.05) is 38.2 Å². The fraction of sp³-hybridized carbons (Fsp3) is 0.500. The quantitative estimate of drug-likeness (QED) is 0.0236. The third kappa shape index (κ3) is 11.7. The molecule has 314 valence electrons. The van der Waals surface area contributed by atoms with Gasteiger partial charge in [-0.15, -0.1) is 25.5 Å². The van der Waals surface area contributed by atoms with Crippen LogP contribution in [0.5, 0.6) is 5.75 Å². The predicted molar refractivity (Wildman–Crippen MR) is 213 cm³/mol. The minimum Gasteiger partial charge on any atom is -0.508 e. The van der Waals surface area contributed by atoms with Crippen LogP contribution in [0.15, 0.2) is 55.2 Å². The molecule has 4 atom stereocenters. The largest absolute Gasteiger partial charge is 0.508 e. The first-order valence-electron chi connectivity index (χ1n) is 19.7. The summed E-state index contributed by atoms with van der Waals surface area (Å²) in [6.07, 6.45) is 15.8. The van der Waals surface area contributed by atoms with E-state index in [-0.39, 0.29) is 42.3 Å². The monoisotopic (exact) mass is 811 g/mol. The molecule has 0 fully saturated rings. The maximum atomic E-state index is 12.1. The molecule has 0 aliphatic rings. The number of aromatic nitrogens is 15. The van der Waals surface area contributed by atoms with Crippen molar-refractivity contribution in [3.8, 4) is 5.75 Å². The molecular weight excluding hydrogens is 759 g/mol. The summed E-state index contributed by atoms with van der Waals surface area (Å²) in [5.41, 5.74) is 21.5. The lowest BCUT2D eigenvalue weighted by Crippen LogP contribution is -2.31. The maximum absolute atomic E-state index is 12.1. The number of carbonyl (C=O) groups is 1. The van der Waals surface area contributed by atoms with Crippen LogP contribution >= 0.6 is 0 Å². The van der Waals surface area contributed by atoms with E-state index in [0.29, 0.717) is 62.4 Å². The molecule has 6 rings (SSSR count). The van der Waals surface area contributed by atoms with Gasteiger partial charge in [0, 0.05) is 19.7 Å². The van der Waals surface area contributed by atoms with E-state index in [9.17, 15) is 9.90 Å². The normalized spacial score (nSPS) is 13.5. The zero-order valence-electron chi connectivity index (χ0n) is 33.0. The van der Waals surface area contributed by atoms with Gasteiger partial charge >= 0.3 is 0 Å². The van der Waals surface area contributed by atoms with Gasteiger partial charge < -0.3 is 32.9 Å². The Balaban J connectivity index is 1.22. The molecule has 6 aromatic rings. The highest BCUT2D eigenvalue weighted by Crippen LogP contribution is 2.28. The number of nitrogens with two attached hydrogens (primary N) is 3. The Bertz CT molecular complexity index is 2170. The summed E-state index contributed by atoms with van der Waals surface area (Å²) in [7, 11) is 0. The SMILES string of the molecule is CC(=O)N[C@@H](Cc1ccc(O)cc1)c1cn(Cc2cn([C@@H](CCCNC(=N)N)c3cn([C@@H](CCCCN)c4cn([C@@H](CCCCN)c5c[nH]nn5)nn4)nn3)nn2)nn1. The number of rotatable bonds is 24. The third-order valence-electron chi connectivity index (χ3n) is 9.86. The Labute approximate surface area is 340 Å². The Morgan fingerprint density at radius 1 is 0.763 bits per heavy atom. The first-order chi connectivity index (χ1) is 28.7. The number of aromatic amines is 1. The number of phenolic OH excluding ortho intramolecular Hbond substituents is 1. The van der Waals surface area contributed by atoms with Gasteiger partial charge in [0.2, 0.25) is 5.91 Å². The average molecular weight is 812 g/mol. The first kappa shape index (κ1) is 42.0. The van der Waals surface area contributed by atoms with Gasteiger partial charge in [0.05, 0.1) is 55.5 Å². The van der Waals surface area contributed by atoms with Crippen LogP contribution in [0, 0.1) is 5.41 Å². The smallest absolute Gasteiger partial charge is 0.217 e. The van der Waals surface area contributed by atoms with Crippen LogP contribution in [0.2, 0.25) is 0 Å². The van der Waals surface area contributed by atoms with E-state index in [1.807, 2.05) is 28.0 Å². The minimum absolute atomic E-state index is 0.106. The summed E-state index contributed by atoms with van der Waals surface area (Å²) in [5.74, 6) is -0.146. The van der Waals surface area contributed by atoms with E-state index in [2.05, 4.69) is 67.3 Å². The highest BCUT2D eigenvalue weighted by atomic mass is 16.3. The number of hydrogen-bond donors (Lipinski definition) is 8. The fourth-order valence-corrected chi connectivity index (χ4v) is 6.89. The number of hydrogen-bond acceptors (Lipinski definition) is 15. The lowest BCUT2D eigenvalue weighted by molar-refractivity contribution is -0.119. The van der Waals surface area contributed by atoms with Gasteiger partial charge in [0.1, 0.15) is 34.2 Å². The van der Waals surface area contributed by atoms with Crippen LogP contribution in [-0.2, 0) is 17.8 Å². The second kappa shape index (κ2) is 20.7. The van der Waals surface area contributed by atoms with Crippen LogP contribution < -0.4 is 27.8 Å². The van der Waals surface area contributed by atoms with Crippen molar-refractivity contribution in [2.24, 2.45) is 17.2 Å². The molecule has 0 radical (unpaired) electrons. The lowest BCUT2D eigenvalue weighted by Gasteiger charge is -2.16. The number of benzene rings is 1. The number of unbranched alkanes of at least 4 members (excludes halogenated alkanes) is 2. The molecule has 1 amide bonds. The second-order valence-electron chi connectivity index (χ2n) is 14.4. The molecule has 0 spiro atoms. The van der Waals surface area contributed by atoms with Gasteiger partial charge in [0.15, 0.2) is 5.96 Å². The van der Waals surface area contributed by atoms with Crippen molar-refractivity contribution >= 4 is 11.9 Å². The molecule has 11 N–H and O–H groups in total. The van der Waals surface area contributed by atoms with Crippen molar-refractivity contribution in [2.45, 2.75) is 95.4 Å². The topological polar surface area (TPSA) is 328 Å². The van der Waals surface area contributed by atoms with Crippen molar-refractivity contribution in [3.05, 3.63) is 89.3 Å². The molecule has 23 nitrogen and oxygen atoms in total. The molecule has 0 saturated heterocycles. The van der Waals surface area contributed by atoms with Crippen LogP contribution in [-0.4, -0.2) is 112 Å². The van der Waals surface area contributed by atoms with Gasteiger partial charge in [-0.3, -0.25) is 15.3 Å². The fourth-order valence-electron chi connectivity index (χ4n) is 6.89. The summed E-state index contributed by atoms with van der Waals surface area (Å²) < 4.78 is 7.04. The van der Waals surface area contributed by atoms with Crippen molar-refractivity contribution in [2.75, 3.05) is 19.6 Å². The summed E-state index contributed by atoms with van der Waals surface area (Å²) >= 11 is 0. The molecule has 23 heteroatoms. The maximum Gasteiger partial charge on any atom is 0.217 e. The number of nitrogens with zero attached hydrogens (tertiary/aromatic N) is 14. The molecule has 0 saturated carbocycles. The average Bonchev–Trinajstić information content (AvgIpc) is 4.08. The zero-order valence-corrected chi connectivity index (χ0v) is 33.0. The van der Waals surface area contributed by atoms with E-state index in [4.69, 9.17) is 22.6 Å². The number of carbonyl (C=O) groups excluding carboxylic acids is 1. The minimum atomic E-state index is -0.433. The van der Waals surface area contributed by atoms with Crippen LogP contribution in [0.25, 0.3) is 0 Å². The zero-order chi connectivity index (χ0) is 41.6. The van der Waals surface area contributed by atoms with E-state index >= 15 is 0 Å². The second-order valence-corrected chi connectivity index (χ2v) is 14.4. The lowest BCUT2D eigenvalue weighted by atomic mass is 10.0. The number of amides is 1. The van der Waals surface area contributed by atoms with Crippen molar-refractivity contribution in [1.29, 1.82) is 5.41 Å². The van der Waals surface area contributed by atoms with Gasteiger partial charge in [-0.25, -0.2) is 18.7 Å². The molecule has 59 heavy (non-hydrogen) atoms. The molecule has 5 aromatic heterocycles. The molecule has 0 aliphatic carbocycles. The number of nitrogens with one attached hydrogen (secondary N) is 4. The summed E-state index contributed by atoms with van der Waals surface area (Å²) in [6, 6.07) is 5.57. The summed E-state index contributed by atoms with van der Waals surface area (Å²) in [5, 5.41) is 70.1. The molecular formula is C36H53N21O2. The van der Waals surface area contributed by atoms with Crippen LogP contribution in [0.4, 0.5) is 0 Å². The Kier molecular flexibility index (Phi) is 14.7. The van der Waals surface area contributed by atoms with Gasteiger partial charge in [-0.2, -0.15) is 0 Å². The first-order valence-corrected chi connectivity index (χ1v) is 19.7. The Morgan fingerprint density at radius 3 is 1.95 bits per heavy atom. The molecule has 1 aromatic carbocycles. The number of H-pyrrole nitrogens is 1. The van der Waals surface area contributed by atoms with E-state index < -0.39 is 6.04 Å².